The van der Waals surface area contributed by atoms with Gasteiger partial charge in [-0.25, -0.2) is 4.79 Å². The Morgan fingerprint density at radius 3 is 1.46 bits per heavy atom. The Kier molecular flexibility index (Phi) is 9.05. The molecule has 0 amide bonds. The third-order valence-corrected chi connectivity index (χ3v) is 9.28. The van der Waals surface area contributed by atoms with Crippen LogP contribution in [0.4, 0.5) is 34.1 Å². The lowest BCUT2D eigenvalue weighted by atomic mass is 9.77. The van der Waals surface area contributed by atoms with Crippen molar-refractivity contribution in [3.05, 3.63) is 131 Å². The van der Waals surface area contributed by atoms with Crippen molar-refractivity contribution in [2.45, 2.75) is 40.7 Å². The zero-order valence-corrected chi connectivity index (χ0v) is 27.3. The summed E-state index contributed by atoms with van der Waals surface area (Å²) < 4.78 is 13.0. The number of fused-ring (bicyclic) bond motifs is 6. The van der Waals surface area contributed by atoms with E-state index in [1.165, 1.54) is 11.4 Å². The molecule has 7 nitrogen and oxygen atoms in total. The van der Waals surface area contributed by atoms with E-state index in [1.54, 1.807) is 0 Å². The predicted octanol–water partition coefficient (Wildman–Crippen LogP) is 10.1. The lowest BCUT2D eigenvalue weighted by Gasteiger charge is -2.37. The molecule has 7 heteroatoms. The summed E-state index contributed by atoms with van der Waals surface area (Å²) in [4.78, 5) is 18.0. The minimum Gasteiger partial charge on any atom is -0.456 e. The van der Waals surface area contributed by atoms with Crippen LogP contribution in [-0.2, 0) is 10.3 Å². The van der Waals surface area contributed by atoms with Gasteiger partial charge in [0.05, 0.1) is 5.56 Å². The number of ether oxygens (including phenoxy) is 2. The Hall–Kier alpha value is -5.43. The molecule has 0 bridgehead atoms. The third kappa shape index (κ3) is 5.59. The van der Waals surface area contributed by atoms with Gasteiger partial charge in [0, 0.05) is 89.1 Å². The summed E-state index contributed by atoms with van der Waals surface area (Å²) in [6.07, 6.45) is 0. The number of esters is 1. The van der Waals surface area contributed by atoms with Gasteiger partial charge in [-0.3, -0.25) is 0 Å². The van der Waals surface area contributed by atoms with Gasteiger partial charge >= 0.3 is 5.97 Å². The second kappa shape index (κ2) is 13.4. The number of benzene rings is 5. The predicted molar refractivity (Wildman–Crippen MR) is 198 cm³/mol. The molecule has 0 aromatic heterocycles. The van der Waals surface area contributed by atoms with E-state index >= 15 is 0 Å². The summed E-state index contributed by atoms with van der Waals surface area (Å²) in [6.45, 7) is 12.5. The summed E-state index contributed by atoms with van der Waals surface area (Å²) in [5.74, 6) is 0.922. The van der Waals surface area contributed by atoms with E-state index in [-0.39, 0.29) is 13.4 Å². The molecule has 5 aromatic carbocycles. The topological polar surface area (TPSA) is 66.1 Å². The third-order valence-electron chi connectivity index (χ3n) is 9.28. The van der Waals surface area contributed by atoms with Gasteiger partial charge in [-0.1, -0.05) is 25.6 Å². The van der Waals surface area contributed by atoms with E-state index in [4.69, 9.17) is 9.47 Å². The number of carbonyl (C=O) groups excluding carboxylic acids is 1. The highest BCUT2D eigenvalue weighted by Gasteiger charge is 2.53. The maximum Gasteiger partial charge on any atom is 0.340 e. The lowest BCUT2D eigenvalue weighted by molar-refractivity contribution is 0.0224. The number of anilines is 6. The van der Waals surface area contributed by atoms with E-state index in [0.717, 1.165) is 65.6 Å². The van der Waals surface area contributed by atoms with E-state index in [9.17, 15) is 4.79 Å². The number of rotatable bonds is 10. The molecule has 2 heterocycles. The Labute approximate surface area is 284 Å². The van der Waals surface area contributed by atoms with Crippen molar-refractivity contribution in [3.63, 3.8) is 0 Å². The molecule has 1 spiro atoms. The molecule has 5 aromatic rings. The summed E-state index contributed by atoms with van der Waals surface area (Å²) in [5.41, 5.74) is 7.93. The Balaban J connectivity index is 0.00000401. The molecule has 2 aliphatic rings. The fraction of sp³-hybridized carbons (Fsp3) is 0.244. The lowest BCUT2D eigenvalue weighted by Crippen LogP contribution is -2.33. The van der Waals surface area contributed by atoms with Crippen LogP contribution in [0.2, 0.25) is 0 Å². The molecule has 0 fully saturated rings. The molecule has 0 saturated carbocycles. The number of hydrogen-bond donors (Lipinski definition) is 2. The fourth-order valence-electron chi connectivity index (χ4n) is 6.85. The van der Waals surface area contributed by atoms with Crippen LogP contribution in [0.3, 0.4) is 0 Å². The maximum absolute atomic E-state index is 13.3. The van der Waals surface area contributed by atoms with Gasteiger partial charge in [0.2, 0.25) is 0 Å². The Morgan fingerprint density at radius 1 is 0.562 bits per heavy atom. The van der Waals surface area contributed by atoms with Gasteiger partial charge < -0.3 is 29.9 Å². The highest BCUT2D eigenvalue weighted by Crippen LogP contribution is 2.57. The van der Waals surface area contributed by atoms with Crippen LogP contribution in [0.5, 0.6) is 11.5 Å². The normalized spacial score (nSPS) is 13.3. The minimum atomic E-state index is -1.12. The molecule has 0 unspecified atom stereocenters. The van der Waals surface area contributed by atoms with Gasteiger partial charge in [0.1, 0.15) is 11.5 Å². The average Bonchev–Trinajstić information content (AvgIpc) is 3.39. The summed E-state index contributed by atoms with van der Waals surface area (Å²) in [6, 6.07) is 36.5. The molecule has 2 N–H and O–H groups in total. The second-order valence-electron chi connectivity index (χ2n) is 11.8. The van der Waals surface area contributed by atoms with Crippen molar-refractivity contribution >= 4 is 40.1 Å². The first kappa shape index (κ1) is 32.5. The van der Waals surface area contributed by atoms with Crippen LogP contribution in [0.15, 0.2) is 109 Å². The van der Waals surface area contributed by atoms with E-state index in [2.05, 4.69) is 96.7 Å². The quantitative estimate of drug-likeness (QED) is 0.147. The zero-order valence-electron chi connectivity index (χ0n) is 27.3. The standard InChI is InChI=1S/C40H40N4O3.CH4/c1-5-43(6-2)31-19-13-27(14-20-31)41-29-17-23-35-37(25-29)46-38-26-30(42-28-15-21-32(22-16-28)44(7-3)8-4)18-24-36(38)40(35)34-12-10-9-11-33(34)39(45)47-40;/h9-26,41-42H,5-8H2,1-4H3;1H4. The van der Waals surface area contributed by atoms with Crippen molar-refractivity contribution in [2.24, 2.45) is 0 Å². The van der Waals surface area contributed by atoms with E-state index in [0.29, 0.717) is 17.1 Å². The first-order valence-corrected chi connectivity index (χ1v) is 16.5. The highest BCUT2D eigenvalue weighted by atomic mass is 16.6. The van der Waals surface area contributed by atoms with Crippen LogP contribution < -0.4 is 25.2 Å². The second-order valence-corrected chi connectivity index (χ2v) is 11.8. The molecule has 0 aliphatic carbocycles. The van der Waals surface area contributed by atoms with Gasteiger partial charge in [0.25, 0.3) is 0 Å². The van der Waals surface area contributed by atoms with Crippen LogP contribution in [0.25, 0.3) is 0 Å². The SMILES string of the molecule is C.CCN(CC)c1ccc(Nc2ccc3c(c2)Oc2cc(Nc4ccc(N(CC)CC)cc4)ccc2C32OC(=O)c3ccccc32)cc1. The molecule has 48 heavy (non-hydrogen) atoms. The van der Waals surface area contributed by atoms with Crippen LogP contribution >= 0.6 is 0 Å². The Morgan fingerprint density at radius 2 is 1.00 bits per heavy atom. The first-order valence-electron chi connectivity index (χ1n) is 16.5. The fourth-order valence-corrected chi connectivity index (χ4v) is 6.85. The van der Waals surface area contributed by atoms with Crippen molar-refractivity contribution in [3.8, 4) is 11.5 Å². The molecular formula is C41H44N4O3. The number of nitrogens with one attached hydrogen (secondary N) is 2. The van der Waals surface area contributed by atoms with Crippen molar-refractivity contribution in [1.82, 2.24) is 0 Å². The number of hydrogen-bond acceptors (Lipinski definition) is 7. The van der Waals surface area contributed by atoms with Crippen molar-refractivity contribution in [2.75, 3.05) is 46.6 Å². The van der Waals surface area contributed by atoms with Crippen LogP contribution in [0.1, 0.15) is 62.2 Å². The van der Waals surface area contributed by atoms with Crippen LogP contribution in [0, 0.1) is 0 Å². The summed E-state index contributed by atoms with van der Waals surface area (Å²) in [5, 5.41) is 7.06. The van der Waals surface area contributed by atoms with E-state index in [1.807, 2.05) is 60.7 Å². The molecular weight excluding hydrogens is 596 g/mol. The molecule has 0 radical (unpaired) electrons. The van der Waals surface area contributed by atoms with Crippen molar-refractivity contribution < 1.29 is 14.3 Å². The van der Waals surface area contributed by atoms with Gasteiger partial charge in [0.15, 0.2) is 5.60 Å². The van der Waals surface area contributed by atoms with Crippen LogP contribution in [-0.4, -0.2) is 32.1 Å². The monoisotopic (exact) mass is 640 g/mol. The number of carbonyl (C=O) groups is 1. The largest absolute Gasteiger partial charge is 0.456 e. The summed E-state index contributed by atoms with van der Waals surface area (Å²) in [7, 11) is 0. The molecule has 0 atom stereocenters. The highest BCUT2D eigenvalue weighted by molar-refractivity contribution is 5.97. The molecule has 2 aliphatic heterocycles. The molecule has 0 saturated heterocycles. The maximum atomic E-state index is 13.3. The molecule has 7 rings (SSSR count). The van der Waals surface area contributed by atoms with Gasteiger partial charge in [-0.2, -0.15) is 0 Å². The van der Waals surface area contributed by atoms with Crippen molar-refractivity contribution in [1.29, 1.82) is 0 Å². The first-order chi connectivity index (χ1) is 23.0. The summed E-state index contributed by atoms with van der Waals surface area (Å²) >= 11 is 0. The smallest absolute Gasteiger partial charge is 0.340 e. The average molecular weight is 641 g/mol. The zero-order chi connectivity index (χ0) is 32.5. The van der Waals surface area contributed by atoms with E-state index < -0.39 is 5.60 Å². The van der Waals surface area contributed by atoms with Gasteiger partial charge in [-0.15, -0.1) is 0 Å². The number of nitrogens with zero attached hydrogens (tertiary/aromatic N) is 2. The Bertz CT molecular complexity index is 1810. The van der Waals surface area contributed by atoms with Gasteiger partial charge in [-0.05, 0) is 107 Å². The molecule has 246 valence electrons. The minimum absolute atomic E-state index is 0.